The van der Waals surface area contributed by atoms with Gasteiger partial charge in [-0.25, -0.2) is 9.59 Å². The van der Waals surface area contributed by atoms with Crippen LogP contribution in [0.1, 0.15) is 65.7 Å². The van der Waals surface area contributed by atoms with Gasteiger partial charge in [0.05, 0.1) is 0 Å². The maximum absolute atomic E-state index is 11.2. The fourth-order valence-electron chi connectivity index (χ4n) is 7.39. The summed E-state index contributed by atoms with van der Waals surface area (Å²) in [5.74, 6) is 0.469. The Labute approximate surface area is 227 Å². The molecule has 1 unspecified atom stereocenters. The maximum Gasteiger partial charge on any atom is 0.407 e. The van der Waals surface area contributed by atoms with Gasteiger partial charge in [-0.15, -0.1) is 0 Å². The van der Waals surface area contributed by atoms with Gasteiger partial charge in [-0.2, -0.15) is 0 Å². The quantitative estimate of drug-likeness (QED) is 0.477. The van der Waals surface area contributed by atoms with Gasteiger partial charge in [-0.3, -0.25) is 4.98 Å². The van der Waals surface area contributed by atoms with Gasteiger partial charge in [0.2, 0.25) is 0 Å². The Morgan fingerprint density at radius 2 is 1.37 bits per heavy atom. The number of anilines is 1. The molecule has 2 amide bonds. The number of pyridine rings is 1. The number of nitrogens with one attached hydrogen (secondary N) is 1. The van der Waals surface area contributed by atoms with E-state index in [1.165, 1.54) is 31.4 Å². The first-order chi connectivity index (χ1) is 18.0. The first kappa shape index (κ1) is 28.5. The molecular formula is C29H47N5O4. The van der Waals surface area contributed by atoms with Crippen molar-refractivity contribution in [2.75, 3.05) is 57.3 Å². The molecule has 212 valence electrons. The molecule has 9 heteroatoms. The second-order valence-corrected chi connectivity index (χ2v) is 13.0. The minimum atomic E-state index is -0.769. The van der Waals surface area contributed by atoms with Crippen LogP contribution in [0.4, 0.5) is 15.3 Å². The number of nitrogens with zero attached hydrogens (tertiary/aromatic N) is 4. The third kappa shape index (κ3) is 6.53. The number of aromatic nitrogens is 1. The molecule has 0 radical (unpaired) electrons. The first-order valence-corrected chi connectivity index (χ1v) is 14.4. The molecule has 5 heterocycles. The van der Waals surface area contributed by atoms with Crippen molar-refractivity contribution in [2.24, 2.45) is 22.2 Å². The molecule has 0 aliphatic carbocycles. The molecule has 1 aromatic heterocycles. The number of hydrogen-bond donors (Lipinski definition) is 3. The van der Waals surface area contributed by atoms with Crippen LogP contribution in [0.3, 0.4) is 0 Å². The van der Waals surface area contributed by atoms with Gasteiger partial charge in [0.1, 0.15) is 0 Å². The smallest absolute Gasteiger partial charge is 0.407 e. The summed E-state index contributed by atoms with van der Waals surface area (Å²) in [5.41, 5.74) is 2.15. The summed E-state index contributed by atoms with van der Waals surface area (Å²) in [7, 11) is 0. The zero-order valence-electron chi connectivity index (χ0n) is 23.5. The van der Waals surface area contributed by atoms with E-state index in [0.29, 0.717) is 42.9 Å². The number of carbonyl (C=O) groups is 2. The van der Waals surface area contributed by atoms with Crippen molar-refractivity contribution in [2.45, 2.75) is 65.7 Å². The van der Waals surface area contributed by atoms with E-state index < -0.39 is 12.2 Å². The monoisotopic (exact) mass is 529 g/mol. The number of hydrogen-bond acceptors (Lipinski definition) is 5. The zero-order valence-corrected chi connectivity index (χ0v) is 23.5. The van der Waals surface area contributed by atoms with E-state index in [1.54, 1.807) is 9.80 Å². The van der Waals surface area contributed by atoms with Crippen molar-refractivity contribution in [3.8, 4) is 0 Å². The minimum absolute atomic E-state index is 0.172. The predicted molar refractivity (Wildman–Crippen MR) is 149 cm³/mol. The van der Waals surface area contributed by atoms with Crippen LogP contribution in [0, 0.1) is 22.2 Å². The molecule has 5 rings (SSSR count). The summed E-state index contributed by atoms with van der Waals surface area (Å²) in [4.78, 5) is 31.8. The van der Waals surface area contributed by atoms with Gasteiger partial charge in [0.15, 0.2) is 0 Å². The van der Waals surface area contributed by atoms with Crippen molar-refractivity contribution in [3.05, 3.63) is 24.5 Å². The molecule has 9 nitrogen and oxygen atoms in total. The Hall–Kier alpha value is -2.55. The lowest BCUT2D eigenvalue weighted by Gasteiger charge is -2.54. The lowest BCUT2D eigenvalue weighted by atomic mass is 9.57. The van der Waals surface area contributed by atoms with E-state index in [-0.39, 0.29) is 5.41 Å². The van der Waals surface area contributed by atoms with E-state index in [0.717, 1.165) is 45.4 Å². The molecule has 2 spiro atoms. The topological polar surface area (TPSA) is 109 Å². The summed E-state index contributed by atoms with van der Waals surface area (Å²) in [6.45, 7) is 13.9. The Morgan fingerprint density at radius 3 is 1.89 bits per heavy atom. The zero-order chi connectivity index (χ0) is 27.4. The van der Waals surface area contributed by atoms with E-state index in [2.05, 4.69) is 48.1 Å². The summed E-state index contributed by atoms with van der Waals surface area (Å²) in [5, 5.41) is 21.7. The lowest BCUT2D eigenvalue weighted by Crippen LogP contribution is -2.56. The van der Waals surface area contributed by atoms with Gasteiger partial charge in [0, 0.05) is 57.3 Å². The van der Waals surface area contributed by atoms with Crippen LogP contribution in [0.5, 0.6) is 0 Å². The fourth-order valence-corrected chi connectivity index (χ4v) is 7.39. The molecule has 4 aliphatic heterocycles. The first-order valence-electron chi connectivity index (χ1n) is 14.4. The summed E-state index contributed by atoms with van der Waals surface area (Å²) in [6, 6.07) is 4.12. The average Bonchev–Trinajstić information content (AvgIpc) is 2.90. The Kier molecular flexibility index (Phi) is 8.75. The Balaban J connectivity index is 0.000000178. The van der Waals surface area contributed by atoms with Crippen molar-refractivity contribution >= 4 is 17.9 Å². The van der Waals surface area contributed by atoms with Gasteiger partial charge < -0.3 is 30.2 Å². The SMILES string of the molecule is CC(C)(C)C1CN(C(=O)O)CCC12CCNCC2.O=C(O)N1CCC2(CC1)CCN(c1ccncc1)CC2. The molecule has 3 N–H and O–H groups in total. The van der Waals surface area contributed by atoms with Crippen molar-refractivity contribution in [1.29, 1.82) is 0 Å². The Morgan fingerprint density at radius 1 is 0.842 bits per heavy atom. The molecule has 38 heavy (non-hydrogen) atoms. The largest absolute Gasteiger partial charge is 0.465 e. The van der Waals surface area contributed by atoms with E-state index in [1.807, 2.05) is 12.4 Å². The standard InChI is InChI=1S/C15H21N3O2.C14H26N2O2/c19-14(20)18-11-5-15(6-12-18)3-9-17(10-4-15)13-1-7-16-8-2-13;1-13(2,3)11-10-16(12(17)18)9-6-14(11)4-7-15-8-5-14/h1-2,7-8H,3-6,9-12H2,(H,19,20);11,15H,4-10H2,1-3H3,(H,17,18). The predicted octanol–water partition coefficient (Wildman–Crippen LogP) is 4.84. The normalized spacial score (nSPS) is 25.0. The third-order valence-corrected chi connectivity index (χ3v) is 9.88. The highest BCUT2D eigenvalue weighted by atomic mass is 16.4. The van der Waals surface area contributed by atoms with Gasteiger partial charge >= 0.3 is 12.2 Å². The lowest BCUT2D eigenvalue weighted by molar-refractivity contribution is -0.0407. The highest BCUT2D eigenvalue weighted by Gasteiger charge is 2.49. The van der Waals surface area contributed by atoms with Crippen molar-refractivity contribution in [3.63, 3.8) is 0 Å². The second kappa shape index (κ2) is 11.7. The third-order valence-electron chi connectivity index (χ3n) is 9.88. The molecule has 4 aliphatic rings. The number of carboxylic acid groups (broad SMARTS) is 2. The molecule has 4 fully saturated rings. The highest BCUT2D eigenvalue weighted by Crippen LogP contribution is 2.51. The molecule has 1 aromatic rings. The van der Waals surface area contributed by atoms with Crippen LogP contribution in [-0.4, -0.2) is 89.5 Å². The number of likely N-dealkylation sites (tertiary alicyclic amines) is 2. The molecular weight excluding hydrogens is 482 g/mol. The second-order valence-electron chi connectivity index (χ2n) is 13.0. The number of amides is 2. The van der Waals surface area contributed by atoms with E-state index in [4.69, 9.17) is 5.11 Å². The van der Waals surface area contributed by atoms with Crippen LogP contribution < -0.4 is 10.2 Å². The van der Waals surface area contributed by atoms with Crippen LogP contribution in [-0.2, 0) is 0 Å². The average molecular weight is 530 g/mol. The molecule has 4 saturated heterocycles. The molecule has 1 atom stereocenters. The van der Waals surface area contributed by atoms with Crippen LogP contribution in [0.25, 0.3) is 0 Å². The highest BCUT2D eigenvalue weighted by molar-refractivity contribution is 5.65. The minimum Gasteiger partial charge on any atom is -0.465 e. The van der Waals surface area contributed by atoms with E-state index >= 15 is 0 Å². The molecule has 0 bridgehead atoms. The maximum atomic E-state index is 11.2. The number of rotatable bonds is 1. The van der Waals surface area contributed by atoms with Gasteiger partial charge in [0.25, 0.3) is 0 Å². The van der Waals surface area contributed by atoms with Crippen LogP contribution >= 0.6 is 0 Å². The number of piperidine rings is 4. The summed E-state index contributed by atoms with van der Waals surface area (Å²) < 4.78 is 0. The van der Waals surface area contributed by atoms with Crippen molar-refractivity contribution < 1.29 is 19.8 Å². The Bertz CT molecular complexity index is 926. The molecule has 0 saturated carbocycles. The van der Waals surface area contributed by atoms with Gasteiger partial charge in [-0.1, -0.05) is 20.8 Å². The van der Waals surface area contributed by atoms with E-state index in [9.17, 15) is 14.7 Å². The van der Waals surface area contributed by atoms with Crippen LogP contribution in [0.2, 0.25) is 0 Å². The summed E-state index contributed by atoms with van der Waals surface area (Å²) >= 11 is 0. The van der Waals surface area contributed by atoms with Crippen LogP contribution in [0.15, 0.2) is 24.5 Å². The fraction of sp³-hybridized carbons (Fsp3) is 0.759. The summed E-state index contributed by atoms with van der Waals surface area (Å²) in [6.07, 6.45) is 9.95. The van der Waals surface area contributed by atoms with Gasteiger partial charge in [-0.05, 0) is 92.3 Å². The molecule has 0 aromatic carbocycles. The van der Waals surface area contributed by atoms with Crippen molar-refractivity contribution in [1.82, 2.24) is 20.1 Å².